The fraction of sp³-hybridized carbons (Fsp3) is 0.750. The van der Waals surface area contributed by atoms with E-state index in [1.165, 1.54) is 36.3 Å². The molecule has 0 atom stereocenters. The summed E-state index contributed by atoms with van der Waals surface area (Å²) in [5.41, 5.74) is 3.53. The Morgan fingerprint density at radius 1 is 1.20 bits per heavy atom. The zero-order valence-electron chi connectivity index (χ0n) is 11.9. The second-order valence-corrected chi connectivity index (χ2v) is 5.39. The van der Waals surface area contributed by atoms with Crippen molar-refractivity contribution in [2.45, 2.75) is 52.5 Å². The summed E-state index contributed by atoms with van der Waals surface area (Å²) in [6, 6.07) is 0. The van der Waals surface area contributed by atoms with Gasteiger partial charge in [-0.05, 0) is 6.42 Å². The van der Waals surface area contributed by atoms with Crippen molar-refractivity contribution < 1.29 is 26.9 Å². The number of aliphatic hydroxyl groups excluding tert-OH is 1. The molecule has 1 aromatic heterocycles. The molecular weight excluding hydrogens is 293 g/mol. The molecule has 0 radical (unpaired) electrons. The number of nitrogens with zero attached hydrogens (tertiary/aromatic N) is 1. The molecule has 1 rings (SSSR count). The lowest BCUT2D eigenvalue weighted by Gasteiger charge is -1.96. The van der Waals surface area contributed by atoms with E-state index in [9.17, 15) is 17.3 Å². The van der Waals surface area contributed by atoms with Gasteiger partial charge < -0.3 is 22.4 Å². The molecule has 0 bridgehead atoms. The minimum Gasteiger partial charge on any atom is -0.418 e. The van der Waals surface area contributed by atoms with Crippen LogP contribution in [0, 0.1) is 6.92 Å². The van der Waals surface area contributed by atoms with Gasteiger partial charge in [0.15, 0.2) is 5.69 Å². The standard InChI is InChI=1S/C12H22NOS.BF4/c1-3-4-5-6-8-13-10-15-12(7-9-14)11(13)2;2-1(3,4)5/h10,14H,3-9H2,1-2H3;/q+1;-1. The molecule has 118 valence electrons. The molecule has 2 nitrogen and oxygen atoms in total. The number of aromatic nitrogens is 1. The van der Waals surface area contributed by atoms with Gasteiger partial charge in [0.25, 0.3) is 0 Å². The van der Waals surface area contributed by atoms with Gasteiger partial charge in [-0.15, -0.1) is 0 Å². The first-order valence-electron chi connectivity index (χ1n) is 6.74. The second-order valence-electron chi connectivity index (χ2n) is 4.45. The lowest BCUT2D eigenvalue weighted by atomic mass is 10.2. The van der Waals surface area contributed by atoms with E-state index in [2.05, 4.69) is 23.9 Å². The van der Waals surface area contributed by atoms with Gasteiger partial charge in [-0.3, -0.25) is 0 Å². The molecule has 20 heavy (non-hydrogen) atoms. The predicted molar refractivity (Wildman–Crippen MR) is 74.4 cm³/mol. The highest BCUT2D eigenvalue weighted by Gasteiger charge is 2.20. The van der Waals surface area contributed by atoms with E-state index in [1.807, 2.05) is 0 Å². The van der Waals surface area contributed by atoms with E-state index >= 15 is 0 Å². The minimum absolute atomic E-state index is 0.261. The van der Waals surface area contributed by atoms with Gasteiger partial charge in [0.2, 0.25) is 5.51 Å². The van der Waals surface area contributed by atoms with Crippen molar-refractivity contribution in [1.82, 2.24) is 0 Å². The van der Waals surface area contributed by atoms with Crippen LogP contribution in [0.5, 0.6) is 0 Å². The number of hydrogen-bond acceptors (Lipinski definition) is 2. The SMILES string of the molecule is CCCCCC[n+]1csc(CCO)c1C.F[B-](F)(F)F. The number of rotatable bonds is 7. The largest absolute Gasteiger partial charge is 0.673 e. The number of halogens is 4. The number of thiazole rings is 1. The summed E-state index contributed by atoms with van der Waals surface area (Å²) in [7, 11) is -6.00. The highest BCUT2D eigenvalue weighted by molar-refractivity contribution is 7.09. The normalized spacial score (nSPS) is 11.2. The molecule has 1 aromatic rings. The van der Waals surface area contributed by atoms with Crippen LogP contribution in [0.25, 0.3) is 0 Å². The second kappa shape index (κ2) is 10.2. The van der Waals surface area contributed by atoms with Crippen LogP contribution >= 0.6 is 11.3 Å². The van der Waals surface area contributed by atoms with E-state index in [-0.39, 0.29) is 6.61 Å². The zero-order chi connectivity index (χ0) is 15.6. The lowest BCUT2D eigenvalue weighted by molar-refractivity contribution is -0.698. The van der Waals surface area contributed by atoms with Gasteiger partial charge in [0.1, 0.15) is 6.54 Å². The third-order valence-corrected chi connectivity index (χ3v) is 3.89. The van der Waals surface area contributed by atoms with Crippen molar-refractivity contribution in [2.75, 3.05) is 6.61 Å². The first-order chi connectivity index (χ1) is 9.29. The summed E-state index contributed by atoms with van der Waals surface area (Å²) in [5.74, 6) is 0. The first-order valence-corrected chi connectivity index (χ1v) is 7.62. The zero-order valence-corrected chi connectivity index (χ0v) is 12.7. The van der Waals surface area contributed by atoms with Gasteiger partial charge in [-0.25, -0.2) is 0 Å². The van der Waals surface area contributed by atoms with Gasteiger partial charge in [0, 0.05) is 26.4 Å². The molecule has 0 saturated carbocycles. The van der Waals surface area contributed by atoms with E-state index in [4.69, 9.17) is 5.11 Å². The Hall–Kier alpha value is -0.625. The van der Waals surface area contributed by atoms with Crippen molar-refractivity contribution in [2.24, 2.45) is 0 Å². The molecule has 1 N–H and O–H groups in total. The van der Waals surface area contributed by atoms with Gasteiger partial charge in [0.05, 0.1) is 4.88 Å². The number of hydrogen-bond donors (Lipinski definition) is 1. The summed E-state index contributed by atoms with van der Waals surface area (Å²) < 4.78 is 41.3. The Kier molecular flexibility index (Phi) is 9.84. The monoisotopic (exact) mass is 315 g/mol. The Bertz CT molecular complexity index is 365. The Balaban J connectivity index is 0.000000621. The van der Waals surface area contributed by atoms with E-state index in [0.717, 1.165) is 13.0 Å². The molecule has 0 amide bonds. The van der Waals surface area contributed by atoms with Crippen LogP contribution in [0.15, 0.2) is 5.51 Å². The van der Waals surface area contributed by atoms with Gasteiger partial charge in [-0.1, -0.05) is 31.1 Å². The highest BCUT2D eigenvalue weighted by Crippen LogP contribution is 2.11. The lowest BCUT2D eigenvalue weighted by Crippen LogP contribution is -2.34. The topological polar surface area (TPSA) is 24.1 Å². The molecule has 0 saturated heterocycles. The van der Waals surface area contributed by atoms with Crippen LogP contribution < -0.4 is 4.57 Å². The number of aryl methyl sites for hydroxylation is 1. The summed E-state index contributed by atoms with van der Waals surface area (Å²) >= 11 is 1.77. The molecule has 0 aliphatic heterocycles. The highest BCUT2D eigenvalue weighted by atomic mass is 32.1. The van der Waals surface area contributed by atoms with Crippen LogP contribution in [0.4, 0.5) is 17.3 Å². The molecule has 0 fully saturated rings. The Morgan fingerprint density at radius 3 is 2.30 bits per heavy atom. The summed E-state index contributed by atoms with van der Waals surface area (Å²) in [4.78, 5) is 1.33. The molecule has 8 heteroatoms. The Labute approximate surface area is 121 Å². The van der Waals surface area contributed by atoms with Gasteiger partial charge in [-0.2, -0.15) is 4.57 Å². The predicted octanol–water partition coefficient (Wildman–Crippen LogP) is 3.76. The van der Waals surface area contributed by atoms with Crippen molar-refractivity contribution >= 4 is 18.6 Å². The van der Waals surface area contributed by atoms with Crippen LogP contribution in [0.3, 0.4) is 0 Å². The third-order valence-electron chi connectivity index (χ3n) is 2.75. The maximum atomic E-state index is 9.75. The fourth-order valence-corrected chi connectivity index (χ4v) is 2.74. The summed E-state index contributed by atoms with van der Waals surface area (Å²) in [6.45, 7) is 5.79. The van der Waals surface area contributed by atoms with E-state index in [1.54, 1.807) is 11.3 Å². The number of aliphatic hydroxyl groups is 1. The van der Waals surface area contributed by atoms with Crippen LogP contribution in [0.2, 0.25) is 0 Å². The van der Waals surface area contributed by atoms with Crippen molar-refractivity contribution in [1.29, 1.82) is 0 Å². The smallest absolute Gasteiger partial charge is 0.418 e. The van der Waals surface area contributed by atoms with E-state index < -0.39 is 7.25 Å². The maximum absolute atomic E-state index is 9.75. The number of unbranched alkanes of at least 4 members (excludes halogenated alkanes) is 3. The average molecular weight is 315 g/mol. The molecule has 0 aliphatic carbocycles. The van der Waals surface area contributed by atoms with Gasteiger partial charge >= 0.3 is 7.25 Å². The molecule has 0 aliphatic rings. The fourth-order valence-electron chi connectivity index (χ4n) is 1.72. The van der Waals surface area contributed by atoms with Crippen LogP contribution in [0.1, 0.15) is 43.2 Å². The van der Waals surface area contributed by atoms with Crippen molar-refractivity contribution in [3.8, 4) is 0 Å². The molecular formula is C12H22BF4NOS. The maximum Gasteiger partial charge on any atom is 0.673 e. The van der Waals surface area contributed by atoms with Crippen molar-refractivity contribution in [3.05, 3.63) is 16.1 Å². The summed E-state index contributed by atoms with van der Waals surface area (Å²) in [6.07, 6.45) is 6.04. The van der Waals surface area contributed by atoms with Crippen molar-refractivity contribution in [3.63, 3.8) is 0 Å². The molecule has 1 heterocycles. The summed E-state index contributed by atoms with van der Waals surface area (Å²) in [5, 5.41) is 8.90. The molecule has 0 aromatic carbocycles. The average Bonchev–Trinajstić information content (AvgIpc) is 2.66. The van der Waals surface area contributed by atoms with Crippen LogP contribution in [-0.4, -0.2) is 19.0 Å². The minimum atomic E-state index is -6.00. The third kappa shape index (κ3) is 10.2. The van der Waals surface area contributed by atoms with Crippen LogP contribution in [-0.2, 0) is 13.0 Å². The van der Waals surface area contributed by atoms with E-state index in [0.29, 0.717) is 0 Å². The molecule has 0 spiro atoms. The first kappa shape index (κ1) is 19.4. The molecule has 0 unspecified atom stereocenters. The Morgan fingerprint density at radius 2 is 1.80 bits per heavy atom. The quantitative estimate of drug-likeness (QED) is 0.352.